The summed E-state index contributed by atoms with van der Waals surface area (Å²) in [6, 6.07) is 5.90. The van der Waals surface area contributed by atoms with Gasteiger partial charge >= 0.3 is 0 Å². The van der Waals surface area contributed by atoms with E-state index in [1.165, 1.54) is 11.2 Å². The summed E-state index contributed by atoms with van der Waals surface area (Å²) >= 11 is 6.13. The van der Waals surface area contributed by atoms with Crippen LogP contribution in [0.15, 0.2) is 24.3 Å². The van der Waals surface area contributed by atoms with Gasteiger partial charge in [-0.3, -0.25) is 4.79 Å². The topological polar surface area (TPSA) is 63.9 Å². The molecule has 0 N–H and O–H groups in total. The zero-order valence-corrected chi connectivity index (χ0v) is 15.3. The highest BCUT2D eigenvalue weighted by atomic mass is 35.5. The number of hydrogen-bond donors (Lipinski definition) is 0. The van der Waals surface area contributed by atoms with Gasteiger partial charge in [-0.15, -0.1) is 10.2 Å². The summed E-state index contributed by atoms with van der Waals surface area (Å²) in [7, 11) is 0. The van der Waals surface area contributed by atoms with Gasteiger partial charge in [-0.25, -0.2) is 0 Å². The number of likely N-dealkylation sites (tertiary alicyclic amines) is 1. The van der Waals surface area contributed by atoms with E-state index >= 15 is 0 Å². The smallest absolute Gasteiger partial charge is 0.246 e. The molecule has 1 unspecified atom stereocenters. The van der Waals surface area contributed by atoms with Crippen molar-refractivity contribution in [3.8, 4) is 0 Å². The SMILES string of the molecule is Cc1nnn(Cc2cc(Cl)ccc2C=CC(=O)N2CCCCC2C)n1. The maximum Gasteiger partial charge on any atom is 0.246 e. The minimum Gasteiger partial charge on any atom is -0.336 e. The Morgan fingerprint density at radius 2 is 2.24 bits per heavy atom. The molecule has 1 aromatic carbocycles. The minimum atomic E-state index is 0.0582. The summed E-state index contributed by atoms with van der Waals surface area (Å²) in [6.07, 6.45) is 6.84. The second kappa shape index (κ2) is 7.78. The van der Waals surface area contributed by atoms with Gasteiger partial charge in [-0.2, -0.15) is 4.80 Å². The van der Waals surface area contributed by atoms with Crippen molar-refractivity contribution in [2.45, 2.75) is 45.7 Å². The van der Waals surface area contributed by atoms with Crippen LogP contribution in [-0.4, -0.2) is 43.6 Å². The van der Waals surface area contributed by atoms with Gasteiger partial charge in [0.05, 0.1) is 6.54 Å². The van der Waals surface area contributed by atoms with E-state index in [0.29, 0.717) is 23.4 Å². The molecule has 2 aromatic rings. The van der Waals surface area contributed by atoms with Crippen LogP contribution in [0.5, 0.6) is 0 Å². The summed E-state index contributed by atoms with van der Waals surface area (Å²) < 4.78 is 0. The first-order chi connectivity index (χ1) is 12.0. The third-order valence-electron chi connectivity index (χ3n) is 4.46. The molecule has 1 atom stereocenters. The molecule has 1 aliphatic heterocycles. The summed E-state index contributed by atoms with van der Waals surface area (Å²) in [5.74, 6) is 0.677. The van der Waals surface area contributed by atoms with Crippen molar-refractivity contribution >= 4 is 23.6 Å². The third kappa shape index (κ3) is 4.45. The Bertz CT molecular complexity index is 786. The molecule has 25 heavy (non-hydrogen) atoms. The van der Waals surface area contributed by atoms with Gasteiger partial charge in [0.2, 0.25) is 5.91 Å². The van der Waals surface area contributed by atoms with Crippen molar-refractivity contribution in [2.24, 2.45) is 0 Å². The molecule has 0 radical (unpaired) electrons. The fourth-order valence-corrected chi connectivity index (χ4v) is 3.29. The number of rotatable bonds is 4. The molecule has 1 aromatic heterocycles. The van der Waals surface area contributed by atoms with Crippen LogP contribution in [-0.2, 0) is 11.3 Å². The number of nitrogens with zero attached hydrogens (tertiary/aromatic N) is 5. The number of tetrazole rings is 1. The zero-order valence-electron chi connectivity index (χ0n) is 14.5. The molecule has 7 heteroatoms. The molecule has 3 rings (SSSR count). The first-order valence-corrected chi connectivity index (χ1v) is 8.92. The molecule has 1 fully saturated rings. The maximum absolute atomic E-state index is 12.5. The number of aromatic nitrogens is 4. The average molecular weight is 360 g/mol. The van der Waals surface area contributed by atoms with Crippen molar-refractivity contribution in [1.29, 1.82) is 0 Å². The molecule has 2 heterocycles. The van der Waals surface area contributed by atoms with Gasteiger partial charge in [0.15, 0.2) is 5.82 Å². The lowest BCUT2D eigenvalue weighted by molar-refractivity contribution is -0.129. The highest BCUT2D eigenvalue weighted by Crippen LogP contribution is 2.20. The number of carbonyl (C=O) groups excluding carboxylic acids is 1. The number of halogens is 1. The van der Waals surface area contributed by atoms with Crippen molar-refractivity contribution in [3.63, 3.8) is 0 Å². The normalized spacial score (nSPS) is 18.0. The number of amides is 1. The highest BCUT2D eigenvalue weighted by Gasteiger charge is 2.21. The molecular weight excluding hydrogens is 338 g/mol. The van der Waals surface area contributed by atoms with Crippen LogP contribution in [0.1, 0.15) is 43.1 Å². The molecular formula is C18H22ClN5O. The van der Waals surface area contributed by atoms with E-state index < -0.39 is 0 Å². The largest absolute Gasteiger partial charge is 0.336 e. The van der Waals surface area contributed by atoms with E-state index in [1.807, 2.05) is 29.2 Å². The third-order valence-corrected chi connectivity index (χ3v) is 4.70. The Morgan fingerprint density at radius 1 is 1.40 bits per heavy atom. The zero-order chi connectivity index (χ0) is 17.8. The number of piperidine rings is 1. The molecule has 6 nitrogen and oxygen atoms in total. The van der Waals surface area contributed by atoms with E-state index in [1.54, 1.807) is 13.0 Å². The van der Waals surface area contributed by atoms with E-state index in [-0.39, 0.29) is 5.91 Å². The number of hydrogen-bond acceptors (Lipinski definition) is 4. The fourth-order valence-electron chi connectivity index (χ4n) is 3.10. The monoisotopic (exact) mass is 359 g/mol. The molecule has 1 saturated heterocycles. The molecule has 1 aliphatic rings. The number of benzene rings is 1. The van der Waals surface area contributed by atoms with Gasteiger partial charge in [0.1, 0.15) is 0 Å². The van der Waals surface area contributed by atoms with E-state index in [4.69, 9.17) is 11.6 Å². The predicted molar refractivity (Wildman–Crippen MR) is 97.2 cm³/mol. The lowest BCUT2D eigenvalue weighted by Crippen LogP contribution is -2.41. The van der Waals surface area contributed by atoms with Crippen molar-refractivity contribution in [3.05, 3.63) is 46.2 Å². The Balaban J connectivity index is 1.78. The fraction of sp³-hybridized carbons (Fsp3) is 0.444. The summed E-state index contributed by atoms with van der Waals surface area (Å²) in [5, 5.41) is 12.7. The maximum atomic E-state index is 12.5. The molecule has 0 aliphatic carbocycles. The van der Waals surface area contributed by atoms with Crippen LogP contribution in [0, 0.1) is 6.92 Å². The number of carbonyl (C=O) groups is 1. The van der Waals surface area contributed by atoms with Crippen LogP contribution in [0.4, 0.5) is 0 Å². The van der Waals surface area contributed by atoms with Gasteiger partial charge < -0.3 is 4.90 Å². The Hall–Kier alpha value is -2.21. The molecule has 132 valence electrons. The second-order valence-corrected chi connectivity index (χ2v) is 6.86. The standard InChI is InChI=1S/C18H22ClN5O/c1-13-5-3-4-10-23(13)18(25)9-7-15-6-8-17(19)11-16(15)12-24-21-14(2)20-22-24/h6-9,11,13H,3-5,10,12H2,1-2H3. The first-order valence-electron chi connectivity index (χ1n) is 8.54. The van der Waals surface area contributed by atoms with Crippen LogP contribution in [0.2, 0.25) is 5.02 Å². The van der Waals surface area contributed by atoms with E-state index in [9.17, 15) is 4.79 Å². The van der Waals surface area contributed by atoms with Crippen LogP contribution >= 0.6 is 11.6 Å². The predicted octanol–water partition coefficient (Wildman–Crippen LogP) is 3.10. The van der Waals surface area contributed by atoms with E-state index in [0.717, 1.165) is 30.5 Å². The van der Waals surface area contributed by atoms with Crippen LogP contribution in [0.3, 0.4) is 0 Å². The second-order valence-electron chi connectivity index (χ2n) is 6.42. The van der Waals surface area contributed by atoms with Gasteiger partial charge in [0.25, 0.3) is 0 Å². The summed E-state index contributed by atoms with van der Waals surface area (Å²) in [5.41, 5.74) is 1.87. The van der Waals surface area contributed by atoms with Crippen molar-refractivity contribution in [2.75, 3.05) is 6.54 Å². The Morgan fingerprint density at radius 3 is 2.96 bits per heavy atom. The molecule has 0 bridgehead atoms. The Kier molecular flexibility index (Phi) is 5.48. The molecule has 0 spiro atoms. The molecule has 1 amide bonds. The van der Waals surface area contributed by atoms with Gasteiger partial charge in [-0.05, 0) is 67.7 Å². The lowest BCUT2D eigenvalue weighted by Gasteiger charge is -2.32. The average Bonchev–Trinajstić information content (AvgIpc) is 2.99. The Labute approximate surface area is 152 Å². The minimum absolute atomic E-state index is 0.0582. The quantitative estimate of drug-likeness (QED) is 0.787. The first kappa shape index (κ1) is 17.6. The van der Waals surface area contributed by atoms with Crippen LogP contribution in [0.25, 0.3) is 6.08 Å². The lowest BCUT2D eigenvalue weighted by atomic mass is 10.0. The summed E-state index contributed by atoms with van der Waals surface area (Å²) in [6.45, 7) is 5.19. The van der Waals surface area contributed by atoms with Crippen molar-refractivity contribution < 1.29 is 4.79 Å². The van der Waals surface area contributed by atoms with Crippen molar-refractivity contribution in [1.82, 2.24) is 25.1 Å². The highest BCUT2D eigenvalue weighted by molar-refractivity contribution is 6.30. The number of aryl methyl sites for hydroxylation is 1. The molecule has 0 saturated carbocycles. The van der Waals surface area contributed by atoms with Gasteiger partial charge in [0, 0.05) is 23.7 Å². The van der Waals surface area contributed by atoms with Gasteiger partial charge in [-0.1, -0.05) is 17.7 Å². The van der Waals surface area contributed by atoms with E-state index in [2.05, 4.69) is 22.3 Å². The van der Waals surface area contributed by atoms with Crippen LogP contribution < -0.4 is 0 Å². The summed E-state index contributed by atoms with van der Waals surface area (Å²) in [4.78, 5) is 16.0.